The summed E-state index contributed by atoms with van der Waals surface area (Å²) in [6.45, 7) is 16.3. The number of carbonyl (C=O) groups is 3. The molecule has 1 aliphatic heterocycles. The zero-order chi connectivity index (χ0) is 23.8. The minimum absolute atomic E-state index is 0.00119. The van der Waals surface area contributed by atoms with Gasteiger partial charge in [-0.25, -0.2) is 0 Å². The van der Waals surface area contributed by atoms with E-state index in [0.717, 1.165) is 5.56 Å². The Kier molecular flexibility index (Phi) is 6.95. The third kappa shape index (κ3) is 5.87. The predicted molar refractivity (Wildman–Crippen MR) is 122 cm³/mol. The van der Waals surface area contributed by atoms with Gasteiger partial charge in [-0.2, -0.15) is 0 Å². The molecule has 0 saturated carbocycles. The summed E-state index contributed by atoms with van der Waals surface area (Å²) < 4.78 is 11.8. The summed E-state index contributed by atoms with van der Waals surface area (Å²) in [4.78, 5) is 38.8. The molecule has 0 unspecified atom stereocenters. The third-order valence-corrected chi connectivity index (χ3v) is 10.2. The van der Waals surface area contributed by atoms with Gasteiger partial charge < -0.3 is 19.8 Å². The Labute approximate surface area is 186 Å². The molecule has 1 atom stereocenters. The number of primary amides is 1. The van der Waals surface area contributed by atoms with E-state index in [1.165, 1.54) is 4.90 Å². The molecule has 8 heteroatoms. The lowest BCUT2D eigenvalue weighted by molar-refractivity contribution is -0.155. The van der Waals surface area contributed by atoms with Crippen molar-refractivity contribution in [3.8, 4) is 5.75 Å². The van der Waals surface area contributed by atoms with Crippen LogP contribution in [0.2, 0.25) is 18.1 Å². The first-order valence-electron chi connectivity index (χ1n) is 10.7. The van der Waals surface area contributed by atoms with Crippen molar-refractivity contribution >= 4 is 26.1 Å². The Bertz CT molecular complexity index is 868. The van der Waals surface area contributed by atoms with Crippen molar-refractivity contribution in [1.82, 2.24) is 4.90 Å². The number of hydrogen-bond acceptors (Lipinski definition) is 5. The van der Waals surface area contributed by atoms with Crippen LogP contribution in [-0.2, 0) is 20.9 Å². The first kappa shape index (κ1) is 24.9. The van der Waals surface area contributed by atoms with Crippen molar-refractivity contribution in [3.05, 3.63) is 29.3 Å². The quantitative estimate of drug-likeness (QED) is 0.502. The highest BCUT2D eigenvalue weighted by atomic mass is 28.4. The summed E-state index contributed by atoms with van der Waals surface area (Å²) in [5.74, 6) is -0.666. The van der Waals surface area contributed by atoms with E-state index in [0.29, 0.717) is 11.3 Å². The molecule has 0 aromatic heterocycles. The van der Waals surface area contributed by atoms with Gasteiger partial charge in [-0.3, -0.25) is 14.4 Å². The van der Waals surface area contributed by atoms with E-state index in [-0.39, 0.29) is 30.3 Å². The van der Waals surface area contributed by atoms with E-state index in [2.05, 4.69) is 33.9 Å². The number of ether oxygens (including phenoxy) is 1. The number of hydrogen-bond donors (Lipinski definition) is 1. The molecule has 0 radical (unpaired) electrons. The van der Waals surface area contributed by atoms with Gasteiger partial charge in [-0.1, -0.05) is 26.8 Å². The van der Waals surface area contributed by atoms with Crippen molar-refractivity contribution in [3.63, 3.8) is 0 Å². The van der Waals surface area contributed by atoms with Crippen LogP contribution in [0.25, 0.3) is 0 Å². The standard InChI is InChI=1S/C23H36N2O5Si/c1-22(2,3)29-19(26)13-12-17(20(24)27)25-14-16-15(21(25)28)10-9-11-18(16)30-31(7,8)23(4,5)6/h9-11,17H,12-14H2,1-8H3,(H2,24,27)/t17-/m0/s1. The van der Waals surface area contributed by atoms with Gasteiger partial charge in [-0.15, -0.1) is 0 Å². The molecule has 0 aliphatic carbocycles. The summed E-state index contributed by atoms with van der Waals surface area (Å²) in [5, 5.41) is 0.00119. The second-order valence-corrected chi connectivity index (χ2v) is 15.3. The molecule has 31 heavy (non-hydrogen) atoms. The summed E-state index contributed by atoms with van der Waals surface area (Å²) in [6.07, 6.45) is 0.112. The Morgan fingerprint density at radius 1 is 1.16 bits per heavy atom. The molecule has 1 aromatic carbocycles. The number of amides is 2. The van der Waals surface area contributed by atoms with Crippen LogP contribution in [0, 0.1) is 0 Å². The molecule has 0 fully saturated rings. The number of carbonyl (C=O) groups excluding carboxylic acids is 3. The second kappa shape index (κ2) is 8.65. The fourth-order valence-electron chi connectivity index (χ4n) is 3.20. The average molecular weight is 449 g/mol. The second-order valence-electron chi connectivity index (χ2n) is 10.6. The van der Waals surface area contributed by atoms with Gasteiger partial charge in [0.15, 0.2) is 0 Å². The minimum atomic E-state index is -2.12. The lowest BCUT2D eigenvalue weighted by Gasteiger charge is -2.37. The molecule has 0 spiro atoms. The van der Waals surface area contributed by atoms with E-state index in [4.69, 9.17) is 14.9 Å². The lowest BCUT2D eigenvalue weighted by atomic mass is 10.1. The molecule has 2 rings (SSSR count). The van der Waals surface area contributed by atoms with Crippen molar-refractivity contribution in [2.75, 3.05) is 0 Å². The number of fused-ring (bicyclic) bond motifs is 1. The summed E-state index contributed by atoms with van der Waals surface area (Å²) in [6, 6.07) is 4.51. The van der Waals surface area contributed by atoms with Crippen molar-refractivity contribution < 1.29 is 23.5 Å². The monoisotopic (exact) mass is 448 g/mol. The molecule has 1 aliphatic rings. The van der Waals surface area contributed by atoms with Crippen LogP contribution in [0.5, 0.6) is 5.75 Å². The van der Waals surface area contributed by atoms with E-state index >= 15 is 0 Å². The highest BCUT2D eigenvalue weighted by Gasteiger charge is 2.42. The summed E-state index contributed by atoms with van der Waals surface area (Å²) in [7, 11) is -2.12. The Morgan fingerprint density at radius 2 is 1.77 bits per heavy atom. The van der Waals surface area contributed by atoms with Crippen molar-refractivity contribution in [2.45, 2.75) is 90.7 Å². The Hall–Kier alpha value is -2.35. The van der Waals surface area contributed by atoms with Gasteiger partial charge in [0.1, 0.15) is 17.4 Å². The minimum Gasteiger partial charge on any atom is -0.543 e. The van der Waals surface area contributed by atoms with E-state index < -0.39 is 31.8 Å². The SMILES string of the molecule is CC(C)(C)OC(=O)CC[C@@H](C(N)=O)N1Cc2c(O[Si](C)(C)C(C)(C)C)cccc2C1=O. The molecule has 0 saturated heterocycles. The van der Waals surface area contributed by atoms with E-state index in [9.17, 15) is 14.4 Å². The van der Waals surface area contributed by atoms with Crippen molar-refractivity contribution in [2.24, 2.45) is 5.73 Å². The summed E-state index contributed by atoms with van der Waals surface area (Å²) in [5.41, 5.74) is 6.28. The smallest absolute Gasteiger partial charge is 0.306 e. The van der Waals surface area contributed by atoms with Gasteiger partial charge in [0.25, 0.3) is 5.91 Å². The van der Waals surface area contributed by atoms with Gasteiger partial charge in [0.05, 0.1) is 6.54 Å². The first-order chi connectivity index (χ1) is 14.0. The maximum absolute atomic E-state index is 13.1. The maximum Gasteiger partial charge on any atom is 0.306 e. The Morgan fingerprint density at radius 3 is 2.29 bits per heavy atom. The van der Waals surface area contributed by atoms with Crippen LogP contribution >= 0.6 is 0 Å². The van der Waals surface area contributed by atoms with Crippen LogP contribution in [-0.4, -0.2) is 42.6 Å². The lowest BCUT2D eigenvalue weighted by Crippen LogP contribution is -2.45. The number of esters is 1. The highest BCUT2D eigenvalue weighted by Crippen LogP contribution is 2.40. The van der Waals surface area contributed by atoms with Crippen LogP contribution < -0.4 is 10.2 Å². The molecule has 172 valence electrons. The van der Waals surface area contributed by atoms with Gasteiger partial charge in [-0.05, 0) is 57.5 Å². The largest absolute Gasteiger partial charge is 0.543 e. The van der Waals surface area contributed by atoms with Crippen molar-refractivity contribution in [1.29, 1.82) is 0 Å². The zero-order valence-electron chi connectivity index (χ0n) is 20.0. The maximum atomic E-state index is 13.1. The normalized spacial score (nSPS) is 15.5. The molecule has 1 heterocycles. The fraction of sp³-hybridized carbons (Fsp3) is 0.609. The molecule has 1 aromatic rings. The number of nitrogens with two attached hydrogens (primary N) is 1. The predicted octanol–water partition coefficient (Wildman–Crippen LogP) is 4.00. The van der Waals surface area contributed by atoms with Gasteiger partial charge in [0.2, 0.25) is 14.2 Å². The summed E-state index contributed by atoms with van der Waals surface area (Å²) >= 11 is 0. The van der Waals surface area contributed by atoms with Gasteiger partial charge >= 0.3 is 5.97 Å². The van der Waals surface area contributed by atoms with E-state index in [1.54, 1.807) is 32.9 Å². The molecule has 7 nitrogen and oxygen atoms in total. The first-order valence-corrected chi connectivity index (χ1v) is 13.6. The molecular formula is C23H36N2O5Si. The molecule has 2 N–H and O–H groups in total. The third-order valence-electron chi connectivity index (χ3n) is 5.87. The Balaban J connectivity index is 2.24. The van der Waals surface area contributed by atoms with Crippen LogP contribution in [0.3, 0.4) is 0 Å². The van der Waals surface area contributed by atoms with E-state index in [1.807, 2.05) is 6.07 Å². The zero-order valence-corrected chi connectivity index (χ0v) is 21.0. The molecular weight excluding hydrogens is 412 g/mol. The molecule has 0 bridgehead atoms. The number of benzene rings is 1. The highest BCUT2D eigenvalue weighted by molar-refractivity contribution is 6.74. The van der Waals surface area contributed by atoms with Crippen LogP contribution in [0.4, 0.5) is 0 Å². The van der Waals surface area contributed by atoms with Gasteiger partial charge in [0, 0.05) is 17.5 Å². The topological polar surface area (TPSA) is 98.9 Å². The number of nitrogens with zero attached hydrogens (tertiary/aromatic N) is 1. The van der Waals surface area contributed by atoms with Crippen LogP contribution in [0.15, 0.2) is 18.2 Å². The number of rotatable bonds is 7. The fourth-order valence-corrected chi connectivity index (χ4v) is 4.25. The molecule has 2 amide bonds. The average Bonchev–Trinajstić information content (AvgIpc) is 2.90. The van der Waals surface area contributed by atoms with Crippen LogP contribution in [0.1, 0.15) is 70.3 Å².